The Balaban J connectivity index is 1.62. The Morgan fingerprint density at radius 1 is 1.20 bits per heavy atom. The second kappa shape index (κ2) is 9.38. The van der Waals surface area contributed by atoms with Gasteiger partial charge in [0.2, 0.25) is 5.91 Å². The lowest BCUT2D eigenvalue weighted by molar-refractivity contribution is -0.386. The smallest absolute Gasteiger partial charge is 0.312 e. The van der Waals surface area contributed by atoms with E-state index in [4.69, 9.17) is 0 Å². The van der Waals surface area contributed by atoms with Gasteiger partial charge in [0.15, 0.2) is 0 Å². The molecular formula is C22H31N5O3. The Bertz CT molecular complexity index is 913. The highest BCUT2D eigenvalue weighted by Gasteiger charge is 2.24. The summed E-state index contributed by atoms with van der Waals surface area (Å²) in [6.45, 7) is 11.3. The highest BCUT2D eigenvalue weighted by atomic mass is 16.6. The topological polar surface area (TPSA) is 93.3 Å². The number of hydrogen-bond donors (Lipinski definition) is 1. The molecule has 162 valence electrons. The number of likely N-dealkylation sites (tertiary alicyclic amines) is 1. The van der Waals surface area contributed by atoms with Crippen LogP contribution >= 0.6 is 0 Å². The summed E-state index contributed by atoms with van der Waals surface area (Å²) in [6.07, 6.45) is 1.28. The lowest BCUT2D eigenvalue weighted by atomic mass is 9.91. The van der Waals surface area contributed by atoms with Crippen LogP contribution in [-0.4, -0.2) is 38.6 Å². The van der Waals surface area contributed by atoms with E-state index in [1.165, 1.54) is 16.7 Å². The Hall–Kier alpha value is -2.74. The zero-order chi connectivity index (χ0) is 21.8. The maximum absolute atomic E-state index is 12.5. The van der Waals surface area contributed by atoms with E-state index in [0.29, 0.717) is 29.8 Å². The maximum atomic E-state index is 12.5. The zero-order valence-electron chi connectivity index (χ0n) is 18.2. The molecule has 0 saturated carbocycles. The predicted octanol–water partition coefficient (Wildman–Crippen LogP) is 3.20. The van der Waals surface area contributed by atoms with Gasteiger partial charge in [-0.15, -0.1) is 0 Å². The van der Waals surface area contributed by atoms with E-state index in [-0.39, 0.29) is 18.1 Å². The van der Waals surface area contributed by atoms with Crippen molar-refractivity contribution in [1.82, 2.24) is 20.0 Å². The molecule has 1 aromatic carbocycles. The molecule has 1 aliphatic rings. The van der Waals surface area contributed by atoms with Gasteiger partial charge in [-0.25, -0.2) is 0 Å². The minimum absolute atomic E-state index is 0.0295. The molecule has 0 bridgehead atoms. The highest BCUT2D eigenvalue weighted by molar-refractivity contribution is 5.75. The fraction of sp³-hybridized carbons (Fsp3) is 0.545. The molecule has 2 heterocycles. The van der Waals surface area contributed by atoms with Crippen LogP contribution in [-0.2, 0) is 24.4 Å². The molecule has 0 aliphatic carbocycles. The first-order chi connectivity index (χ1) is 14.2. The van der Waals surface area contributed by atoms with Gasteiger partial charge in [-0.2, -0.15) is 5.10 Å². The third kappa shape index (κ3) is 5.24. The van der Waals surface area contributed by atoms with Crippen molar-refractivity contribution in [3.05, 3.63) is 56.9 Å². The number of piperidine rings is 1. The molecule has 8 heteroatoms. The average molecular weight is 414 g/mol. The van der Waals surface area contributed by atoms with Crippen molar-refractivity contribution in [1.29, 1.82) is 0 Å². The quantitative estimate of drug-likeness (QED) is 0.556. The number of nitro groups is 1. The number of nitrogens with zero attached hydrogens (tertiary/aromatic N) is 4. The van der Waals surface area contributed by atoms with Gasteiger partial charge in [0.05, 0.1) is 4.92 Å². The van der Waals surface area contributed by atoms with Crippen LogP contribution in [0.1, 0.15) is 42.8 Å². The number of hydrogen-bond acceptors (Lipinski definition) is 5. The van der Waals surface area contributed by atoms with Crippen molar-refractivity contribution in [2.45, 2.75) is 53.8 Å². The van der Waals surface area contributed by atoms with Crippen LogP contribution in [0.4, 0.5) is 5.69 Å². The van der Waals surface area contributed by atoms with Gasteiger partial charge in [0, 0.05) is 26.2 Å². The number of amides is 1. The standard InChI is InChI=1S/C22H31N5O3/c1-15-9-16(2)12-25(11-15)13-20-8-6-5-7-19(20)10-23-21(28)14-26-18(4)22(27(29)30)17(3)24-26/h5-8,15-16H,9-14H2,1-4H3,(H,23,28). The third-order valence-electron chi connectivity index (χ3n) is 5.75. The summed E-state index contributed by atoms with van der Waals surface area (Å²) in [5, 5.41) is 18.2. The van der Waals surface area contributed by atoms with E-state index in [0.717, 1.165) is 25.2 Å². The molecule has 0 spiro atoms. The summed E-state index contributed by atoms with van der Waals surface area (Å²) < 4.78 is 1.39. The summed E-state index contributed by atoms with van der Waals surface area (Å²) in [6, 6.07) is 8.18. The van der Waals surface area contributed by atoms with Gasteiger partial charge >= 0.3 is 5.69 Å². The minimum Gasteiger partial charge on any atom is -0.350 e. The molecule has 8 nitrogen and oxygen atoms in total. The van der Waals surface area contributed by atoms with Crippen molar-refractivity contribution in [2.75, 3.05) is 13.1 Å². The fourth-order valence-electron chi connectivity index (χ4n) is 4.54. The number of carbonyl (C=O) groups is 1. The Morgan fingerprint density at radius 3 is 2.43 bits per heavy atom. The van der Waals surface area contributed by atoms with Crippen LogP contribution in [0.3, 0.4) is 0 Å². The molecule has 2 unspecified atom stereocenters. The SMILES string of the molecule is Cc1nn(CC(=O)NCc2ccccc2CN2CC(C)CC(C)C2)c(C)c1[N+](=O)[O-]. The van der Waals surface area contributed by atoms with E-state index in [1.807, 2.05) is 18.2 Å². The lowest BCUT2D eigenvalue weighted by Crippen LogP contribution is -2.38. The molecule has 1 N–H and O–H groups in total. The van der Waals surface area contributed by atoms with Crippen LogP contribution in [0.2, 0.25) is 0 Å². The number of rotatable bonds is 7. The third-order valence-corrected chi connectivity index (χ3v) is 5.75. The van der Waals surface area contributed by atoms with Crippen molar-refractivity contribution in [3.8, 4) is 0 Å². The van der Waals surface area contributed by atoms with Gasteiger partial charge in [0.25, 0.3) is 0 Å². The first-order valence-electron chi connectivity index (χ1n) is 10.5. The van der Waals surface area contributed by atoms with Crippen molar-refractivity contribution in [2.24, 2.45) is 11.8 Å². The molecule has 1 amide bonds. The maximum Gasteiger partial charge on any atom is 0.312 e. The van der Waals surface area contributed by atoms with Crippen LogP contribution in [0.25, 0.3) is 0 Å². The summed E-state index contributed by atoms with van der Waals surface area (Å²) in [4.78, 5) is 25.6. The molecule has 30 heavy (non-hydrogen) atoms. The van der Waals surface area contributed by atoms with Gasteiger partial charge < -0.3 is 5.32 Å². The molecule has 1 aliphatic heterocycles. The second-order valence-corrected chi connectivity index (χ2v) is 8.62. The molecule has 2 aromatic rings. The monoisotopic (exact) mass is 413 g/mol. The van der Waals surface area contributed by atoms with Gasteiger partial charge in [0.1, 0.15) is 17.9 Å². The van der Waals surface area contributed by atoms with Crippen LogP contribution < -0.4 is 5.32 Å². The lowest BCUT2D eigenvalue weighted by Gasteiger charge is -2.35. The summed E-state index contributed by atoms with van der Waals surface area (Å²) in [5.41, 5.74) is 3.00. The number of benzene rings is 1. The minimum atomic E-state index is -0.454. The van der Waals surface area contributed by atoms with Gasteiger partial charge in [-0.1, -0.05) is 38.1 Å². The first-order valence-corrected chi connectivity index (χ1v) is 10.5. The van der Waals surface area contributed by atoms with Crippen molar-refractivity contribution >= 4 is 11.6 Å². The molecular weight excluding hydrogens is 382 g/mol. The molecule has 1 saturated heterocycles. The molecule has 0 radical (unpaired) electrons. The van der Waals surface area contributed by atoms with E-state index >= 15 is 0 Å². The van der Waals surface area contributed by atoms with E-state index in [1.54, 1.807) is 13.8 Å². The van der Waals surface area contributed by atoms with E-state index in [9.17, 15) is 14.9 Å². The van der Waals surface area contributed by atoms with Crippen molar-refractivity contribution in [3.63, 3.8) is 0 Å². The van der Waals surface area contributed by atoms with E-state index < -0.39 is 4.92 Å². The zero-order valence-corrected chi connectivity index (χ0v) is 18.2. The van der Waals surface area contributed by atoms with Crippen LogP contribution in [0, 0.1) is 35.8 Å². The number of carbonyl (C=O) groups excluding carboxylic acids is 1. The summed E-state index contributed by atoms with van der Waals surface area (Å²) in [5.74, 6) is 1.18. The summed E-state index contributed by atoms with van der Waals surface area (Å²) in [7, 11) is 0. The highest BCUT2D eigenvalue weighted by Crippen LogP contribution is 2.24. The number of aromatic nitrogens is 2. The second-order valence-electron chi connectivity index (χ2n) is 8.62. The molecule has 3 rings (SSSR count). The molecule has 1 fully saturated rings. The predicted molar refractivity (Wildman–Crippen MR) is 115 cm³/mol. The largest absolute Gasteiger partial charge is 0.350 e. The Kier molecular flexibility index (Phi) is 6.87. The molecule has 1 aromatic heterocycles. The Morgan fingerprint density at radius 2 is 1.83 bits per heavy atom. The fourth-order valence-corrected chi connectivity index (χ4v) is 4.54. The normalized spacial score (nSPS) is 19.6. The van der Waals surface area contributed by atoms with Crippen LogP contribution in [0.5, 0.6) is 0 Å². The average Bonchev–Trinajstić information content (AvgIpc) is 2.93. The summed E-state index contributed by atoms with van der Waals surface area (Å²) >= 11 is 0. The first kappa shape index (κ1) is 22.0. The molecule has 2 atom stereocenters. The van der Waals surface area contributed by atoms with Gasteiger partial charge in [-0.05, 0) is 43.2 Å². The van der Waals surface area contributed by atoms with E-state index in [2.05, 4.69) is 35.2 Å². The number of nitrogens with one attached hydrogen (secondary N) is 1. The number of aryl methyl sites for hydroxylation is 1. The Labute approximate surface area is 177 Å². The van der Waals surface area contributed by atoms with Crippen molar-refractivity contribution < 1.29 is 9.72 Å². The van der Waals surface area contributed by atoms with Crippen LogP contribution in [0.15, 0.2) is 24.3 Å². The van der Waals surface area contributed by atoms with Gasteiger partial charge in [-0.3, -0.25) is 24.5 Å².